The Hall–Kier alpha value is -2.98. The summed E-state index contributed by atoms with van der Waals surface area (Å²) in [5, 5.41) is 9.63. The van der Waals surface area contributed by atoms with E-state index < -0.39 is 15.8 Å². The van der Waals surface area contributed by atoms with E-state index in [2.05, 4.69) is 4.98 Å². The molecule has 25 heavy (non-hydrogen) atoms. The molecule has 0 radical (unpaired) electrons. The fourth-order valence-electron chi connectivity index (χ4n) is 2.63. The Balaban J connectivity index is 2.13. The predicted molar refractivity (Wildman–Crippen MR) is 93.9 cm³/mol. The molecule has 3 aromatic rings. The number of sulfonamides is 1. The van der Waals surface area contributed by atoms with Gasteiger partial charge in [-0.15, -0.1) is 0 Å². The highest BCUT2D eigenvalue weighted by Crippen LogP contribution is 2.25. The van der Waals surface area contributed by atoms with Gasteiger partial charge in [-0.3, -0.25) is 9.29 Å². The van der Waals surface area contributed by atoms with Crippen molar-refractivity contribution in [2.24, 2.45) is 0 Å². The summed E-state index contributed by atoms with van der Waals surface area (Å²) in [5.41, 5.74) is 1.67. The molecule has 0 N–H and O–H groups in total. The van der Waals surface area contributed by atoms with Gasteiger partial charge >= 0.3 is 0 Å². The molecule has 0 saturated carbocycles. The highest BCUT2D eigenvalue weighted by atomic mass is 32.2. The second kappa shape index (κ2) is 6.49. The van der Waals surface area contributed by atoms with Crippen molar-refractivity contribution in [3.63, 3.8) is 0 Å². The minimum Gasteiger partial charge on any atom is -0.266 e. The molecule has 0 saturated heterocycles. The van der Waals surface area contributed by atoms with Gasteiger partial charge in [0.15, 0.2) is 0 Å². The fourth-order valence-corrected chi connectivity index (χ4v) is 3.50. The topological polar surface area (TPSA) is 74.1 Å². The van der Waals surface area contributed by atoms with Gasteiger partial charge in [-0.2, -0.15) is 5.26 Å². The minimum absolute atomic E-state index is 0.0843. The summed E-state index contributed by atoms with van der Waals surface area (Å²) >= 11 is 0. The zero-order valence-corrected chi connectivity index (χ0v) is 14.2. The number of fused-ring (bicyclic) bond motifs is 1. The Morgan fingerprint density at radius 3 is 2.72 bits per heavy atom. The second-order valence-electron chi connectivity index (χ2n) is 5.57. The highest BCUT2D eigenvalue weighted by molar-refractivity contribution is 7.92. The lowest BCUT2D eigenvalue weighted by Crippen LogP contribution is -2.29. The molecule has 0 spiro atoms. The van der Waals surface area contributed by atoms with Crippen LogP contribution in [0.3, 0.4) is 0 Å². The van der Waals surface area contributed by atoms with Crippen molar-refractivity contribution in [1.82, 2.24) is 4.98 Å². The van der Waals surface area contributed by atoms with Crippen LogP contribution >= 0.6 is 0 Å². The molecular formula is C18H14FN3O2S. The highest BCUT2D eigenvalue weighted by Gasteiger charge is 2.20. The number of halogens is 1. The first-order valence-electron chi connectivity index (χ1n) is 7.39. The summed E-state index contributed by atoms with van der Waals surface area (Å²) in [7, 11) is -3.65. The first kappa shape index (κ1) is 16.9. The van der Waals surface area contributed by atoms with Crippen molar-refractivity contribution in [1.29, 1.82) is 5.26 Å². The average Bonchev–Trinajstić information content (AvgIpc) is 2.58. The molecule has 0 atom stereocenters. The van der Waals surface area contributed by atoms with Crippen molar-refractivity contribution < 1.29 is 12.8 Å². The van der Waals surface area contributed by atoms with Crippen LogP contribution in [-0.2, 0) is 16.6 Å². The molecule has 0 unspecified atom stereocenters. The lowest BCUT2D eigenvalue weighted by Gasteiger charge is -2.23. The standard InChI is InChI=1S/C18H14FN3O2S/c1-25(23,24)22(17-6-2-4-13(8-17)11-20)12-15-10-16(19)9-14-5-3-7-21-18(14)15/h2-10H,12H2,1H3. The maximum absolute atomic E-state index is 13.9. The van der Waals surface area contributed by atoms with Crippen molar-refractivity contribution in [2.75, 3.05) is 10.6 Å². The van der Waals surface area contributed by atoms with Crippen LogP contribution in [0.4, 0.5) is 10.1 Å². The minimum atomic E-state index is -3.65. The number of hydrogen-bond acceptors (Lipinski definition) is 4. The molecule has 0 bridgehead atoms. The zero-order chi connectivity index (χ0) is 18.0. The molecule has 0 fully saturated rings. The predicted octanol–water partition coefficient (Wildman–Crippen LogP) is 3.21. The lowest BCUT2D eigenvalue weighted by atomic mass is 10.1. The summed E-state index contributed by atoms with van der Waals surface area (Å²) in [6, 6.07) is 14.3. The number of anilines is 1. The Kier molecular flexibility index (Phi) is 4.38. The second-order valence-corrected chi connectivity index (χ2v) is 7.48. The molecule has 1 heterocycles. The van der Waals surface area contributed by atoms with Gasteiger partial charge < -0.3 is 0 Å². The van der Waals surface area contributed by atoms with E-state index in [0.717, 1.165) is 10.6 Å². The molecule has 126 valence electrons. The Labute approximate surface area is 145 Å². The molecule has 5 nitrogen and oxygen atoms in total. The van der Waals surface area contributed by atoms with Gasteiger partial charge in [0, 0.05) is 17.1 Å². The Morgan fingerprint density at radius 2 is 2.00 bits per heavy atom. The van der Waals surface area contributed by atoms with E-state index in [0.29, 0.717) is 27.7 Å². The van der Waals surface area contributed by atoms with Crippen molar-refractivity contribution in [3.05, 3.63) is 71.7 Å². The number of nitrogens with zero attached hydrogens (tertiary/aromatic N) is 3. The first-order chi connectivity index (χ1) is 11.9. The monoisotopic (exact) mass is 355 g/mol. The van der Waals surface area contributed by atoms with Crippen LogP contribution in [-0.4, -0.2) is 19.7 Å². The van der Waals surface area contributed by atoms with E-state index in [4.69, 9.17) is 5.26 Å². The number of pyridine rings is 1. The molecule has 7 heteroatoms. The maximum Gasteiger partial charge on any atom is 0.232 e. The largest absolute Gasteiger partial charge is 0.266 e. The smallest absolute Gasteiger partial charge is 0.232 e. The van der Waals surface area contributed by atoms with E-state index in [1.807, 2.05) is 6.07 Å². The number of rotatable bonds is 4. The summed E-state index contributed by atoms with van der Waals surface area (Å²) in [6.45, 7) is -0.0843. The molecule has 2 aromatic carbocycles. The molecular weight excluding hydrogens is 341 g/mol. The Morgan fingerprint density at radius 1 is 1.20 bits per heavy atom. The van der Waals surface area contributed by atoms with E-state index in [-0.39, 0.29) is 6.54 Å². The van der Waals surface area contributed by atoms with Crippen LogP contribution < -0.4 is 4.31 Å². The quantitative estimate of drug-likeness (QED) is 0.720. The van der Waals surface area contributed by atoms with Gasteiger partial charge in [0.05, 0.1) is 35.6 Å². The zero-order valence-electron chi connectivity index (χ0n) is 13.3. The molecule has 1 aromatic heterocycles. The number of benzene rings is 2. The molecule has 0 aliphatic rings. The number of nitriles is 1. The van der Waals surface area contributed by atoms with Crippen LogP contribution in [0.5, 0.6) is 0 Å². The Bertz CT molecular complexity index is 1090. The average molecular weight is 355 g/mol. The number of hydrogen-bond donors (Lipinski definition) is 0. The summed E-state index contributed by atoms with van der Waals surface area (Å²) < 4.78 is 39.6. The van der Waals surface area contributed by atoms with E-state index >= 15 is 0 Å². The summed E-state index contributed by atoms with van der Waals surface area (Å²) in [4.78, 5) is 4.24. The first-order valence-corrected chi connectivity index (χ1v) is 9.24. The van der Waals surface area contributed by atoms with E-state index in [1.54, 1.807) is 36.5 Å². The SMILES string of the molecule is CS(=O)(=O)N(Cc1cc(F)cc2cccnc12)c1cccc(C#N)c1. The molecule has 0 aliphatic heterocycles. The fraction of sp³-hybridized carbons (Fsp3) is 0.111. The molecule has 0 aliphatic carbocycles. The van der Waals surface area contributed by atoms with Gasteiger partial charge in [0.2, 0.25) is 10.0 Å². The van der Waals surface area contributed by atoms with Gasteiger partial charge in [-0.1, -0.05) is 12.1 Å². The normalized spacial score (nSPS) is 11.2. The third-order valence-electron chi connectivity index (χ3n) is 3.73. The van der Waals surface area contributed by atoms with E-state index in [9.17, 15) is 12.8 Å². The van der Waals surface area contributed by atoms with E-state index in [1.165, 1.54) is 18.2 Å². The van der Waals surface area contributed by atoms with Crippen LogP contribution in [0.1, 0.15) is 11.1 Å². The van der Waals surface area contributed by atoms with Gasteiger partial charge in [0.1, 0.15) is 5.82 Å². The molecule has 3 rings (SSSR count). The third-order valence-corrected chi connectivity index (χ3v) is 4.87. The van der Waals surface area contributed by atoms with Crippen molar-refractivity contribution in [2.45, 2.75) is 6.54 Å². The van der Waals surface area contributed by atoms with Gasteiger partial charge in [-0.05, 0) is 36.4 Å². The van der Waals surface area contributed by atoms with Crippen LogP contribution in [0.15, 0.2) is 54.7 Å². The summed E-state index contributed by atoms with van der Waals surface area (Å²) in [5.74, 6) is -0.463. The number of aromatic nitrogens is 1. The van der Waals surface area contributed by atoms with Crippen LogP contribution in [0, 0.1) is 17.1 Å². The van der Waals surface area contributed by atoms with Crippen molar-refractivity contribution in [3.8, 4) is 6.07 Å². The van der Waals surface area contributed by atoms with Crippen LogP contribution in [0.25, 0.3) is 10.9 Å². The lowest BCUT2D eigenvalue weighted by molar-refractivity contribution is 0.595. The maximum atomic E-state index is 13.9. The van der Waals surface area contributed by atoms with Gasteiger partial charge in [0.25, 0.3) is 0 Å². The van der Waals surface area contributed by atoms with Gasteiger partial charge in [-0.25, -0.2) is 12.8 Å². The molecule has 0 amide bonds. The third kappa shape index (κ3) is 3.59. The van der Waals surface area contributed by atoms with Crippen LogP contribution in [0.2, 0.25) is 0 Å². The van der Waals surface area contributed by atoms with Crippen molar-refractivity contribution >= 4 is 26.6 Å². The summed E-state index contributed by atoms with van der Waals surface area (Å²) in [6.07, 6.45) is 2.64.